The topological polar surface area (TPSA) is 63.9 Å². The summed E-state index contributed by atoms with van der Waals surface area (Å²) in [4.78, 5) is 18.3. The van der Waals surface area contributed by atoms with Gasteiger partial charge in [0.25, 0.3) is 0 Å². The van der Waals surface area contributed by atoms with Crippen molar-refractivity contribution in [3.8, 4) is 11.4 Å². The molecule has 2 heterocycles. The van der Waals surface area contributed by atoms with Crippen LogP contribution >= 0.6 is 11.8 Å². The molecule has 0 aliphatic rings. The summed E-state index contributed by atoms with van der Waals surface area (Å²) in [7, 11) is 3.74. The molecule has 0 spiro atoms. The zero-order valence-corrected chi connectivity index (χ0v) is 16.8. The van der Waals surface area contributed by atoms with Crippen LogP contribution in [0, 0.1) is 13.8 Å². The van der Waals surface area contributed by atoms with Crippen LogP contribution in [0.2, 0.25) is 0 Å². The van der Waals surface area contributed by atoms with Crippen LogP contribution in [0.4, 0.5) is 0 Å². The van der Waals surface area contributed by atoms with Crippen LogP contribution in [-0.4, -0.2) is 43.4 Å². The number of aromatic nitrogens is 4. The number of pyridine rings is 1. The minimum atomic E-state index is 0.0634. The number of rotatable bonds is 6. The fraction of sp³-hybridized carbons (Fsp3) is 0.300. The van der Waals surface area contributed by atoms with Crippen molar-refractivity contribution in [2.45, 2.75) is 25.5 Å². The number of aryl methyl sites for hydroxylation is 2. The molecular formula is C20H23N5OS. The Bertz CT molecular complexity index is 939. The molecule has 140 valence electrons. The van der Waals surface area contributed by atoms with Gasteiger partial charge in [-0.3, -0.25) is 9.78 Å². The summed E-state index contributed by atoms with van der Waals surface area (Å²) in [6.07, 6.45) is 3.45. The molecule has 0 unspecified atom stereocenters. The summed E-state index contributed by atoms with van der Waals surface area (Å²) in [5, 5.41) is 9.17. The number of hydrogen-bond donors (Lipinski definition) is 0. The third kappa shape index (κ3) is 4.54. The molecule has 0 bridgehead atoms. The van der Waals surface area contributed by atoms with Crippen LogP contribution < -0.4 is 0 Å². The van der Waals surface area contributed by atoms with Crippen molar-refractivity contribution in [1.82, 2.24) is 24.6 Å². The second kappa shape index (κ2) is 8.35. The third-order valence-electron chi connectivity index (χ3n) is 4.43. The predicted molar refractivity (Wildman–Crippen MR) is 107 cm³/mol. The van der Waals surface area contributed by atoms with Crippen LogP contribution in [0.5, 0.6) is 0 Å². The fourth-order valence-electron chi connectivity index (χ4n) is 2.80. The lowest BCUT2D eigenvalue weighted by molar-refractivity contribution is -0.127. The molecule has 1 aromatic carbocycles. The van der Waals surface area contributed by atoms with E-state index in [1.807, 2.05) is 30.8 Å². The summed E-state index contributed by atoms with van der Waals surface area (Å²) >= 11 is 1.40. The predicted octanol–water partition coefficient (Wildman–Crippen LogP) is 3.24. The Morgan fingerprint density at radius 2 is 1.89 bits per heavy atom. The number of hydrogen-bond acceptors (Lipinski definition) is 5. The van der Waals surface area contributed by atoms with Crippen molar-refractivity contribution in [2.75, 3.05) is 12.8 Å². The van der Waals surface area contributed by atoms with E-state index in [1.54, 1.807) is 17.3 Å². The highest BCUT2D eigenvalue weighted by Gasteiger charge is 2.15. The summed E-state index contributed by atoms with van der Waals surface area (Å²) < 4.78 is 1.90. The highest BCUT2D eigenvalue weighted by atomic mass is 32.2. The quantitative estimate of drug-likeness (QED) is 0.613. The Labute approximate surface area is 163 Å². The van der Waals surface area contributed by atoms with E-state index >= 15 is 0 Å². The van der Waals surface area contributed by atoms with E-state index in [4.69, 9.17) is 0 Å². The minimum absolute atomic E-state index is 0.0634. The summed E-state index contributed by atoms with van der Waals surface area (Å²) in [5.74, 6) is 1.15. The first-order valence-electron chi connectivity index (χ1n) is 8.68. The van der Waals surface area contributed by atoms with Gasteiger partial charge in [0.05, 0.1) is 5.75 Å². The lowest BCUT2D eigenvalue weighted by Gasteiger charge is -2.18. The first-order chi connectivity index (χ1) is 13.0. The van der Waals surface area contributed by atoms with E-state index in [0.717, 1.165) is 16.5 Å². The fourth-order valence-corrected chi connectivity index (χ4v) is 3.65. The average Bonchev–Trinajstić information content (AvgIpc) is 3.03. The van der Waals surface area contributed by atoms with Gasteiger partial charge in [-0.05, 0) is 37.1 Å². The molecule has 0 aliphatic carbocycles. The Morgan fingerprint density at radius 1 is 1.15 bits per heavy atom. The largest absolute Gasteiger partial charge is 0.341 e. The van der Waals surface area contributed by atoms with Gasteiger partial charge in [0, 0.05) is 38.6 Å². The molecule has 6 nitrogen and oxygen atoms in total. The lowest BCUT2D eigenvalue weighted by Crippen LogP contribution is -2.28. The first-order valence-corrected chi connectivity index (χ1v) is 9.67. The lowest BCUT2D eigenvalue weighted by atomic mass is 10.1. The molecule has 7 heteroatoms. The zero-order valence-electron chi connectivity index (χ0n) is 16.0. The van der Waals surface area contributed by atoms with Gasteiger partial charge in [0.15, 0.2) is 11.0 Å². The van der Waals surface area contributed by atoms with Gasteiger partial charge < -0.3 is 9.47 Å². The Balaban J connectivity index is 1.61. The summed E-state index contributed by atoms with van der Waals surface area (Å²) in [6.45, 7) is 4.76. The molecule has 1 amide bonds. The highest BCUT2D eigenvalue weighted by Crippen LogP contribution is 2.22. The van der Waals surface area contributed by atoms with Crippen LogP contribution in [-0.2, 0) is 18.4 Å². The van der Waals surface area contributed by atoms with Gasteiger partial charge in [-0.1, -0.05) is 35.5 Å². The van der Waals surface area contributed by atoms with Crippen LogP contribution in [0.15, 0.2) is 47.9 Å². The molecule has 0 fully saturated rings. The maximum absolute atomic E-state index is 12.5. The van der Waals surface area contributed by atoms with E-state index < -0.39 is 0 Å². The van der Waals surface area contributed by atoms with E-state index in [9.17, 15) is 4.79 Å². The smallest absolute Gasteiger partial charge is 0.233 e. The number of thioether (sulfide) groups is 1. The molecule has 0 N–H and O–H groups in total. The maximum atomic E-state index is 12.5. The molecule has 2 aromatic heterocycles. The summed E-state index contributed by atoms with van der Waals surface area (Å²) in [6, 6.07) is 10.1. The number of nitrogens with zero attached hydrogens (tertiary/aromatic N) is 5. The maximum Gasteiger partial charge on any atom is 0.233 e. The molecular weight excluding hydrogens is 358 g/mol. The SMILES string of the molecule is Cc1ccc(CN(C)C(=O)CSc2nnc(-c3ccncc3)n2C)c(C)c1. The van der Waals surface area contributed by atoms with Gasteiger partial charge in [-0.25, -0.2) is 0 Å². The molecule has 3 aromatic rings. The van der Waals surface area contributed by atoms with Gasteiger partial charge in [0.1, 0.15) is 0 Å². The molecule has 0 radical (unpaired) electrons. The molecule has 3 rings (SSSR count). The van der Waals surface area contributed by atoms with Crippen LogP contribution in [0.25, 0.3) is 11.4 Å². The minimum Gasteiger partial charge on any atom is -0.341 e. The summed E-state index contributed by atoms with van der Waals surface area (Å²) in [5.41, 5.74) is 4.55. The average molecular weight is 382 g/mol. The number of carbonyl (C=O) groups excluding carboxylic acids is 1. The Hall–Kier alpha value is -2.67. The second-order valence-corrected chi connectivity index (χ2v) is 7.51. The zero-order chi connectivity index (χ0) is 19.4. The molecule has 27 heavy (non-hydrogen) atoms. The van der Waals surface area contributed by atoms with E-state index in [-0.39, 0.29) is 5.91 Å². The first kappa shape index (κ1) is 19.1. The Morgan fingerprint density at radius 3 is 2.59 bits per heavy atom. The van der Waals surface area contributed by atoms with Gasteiger partial charge in [0.2, 0.25) is 5.91 Å². The Kier molecular flexibility index (Phi) is 5.91. The van der Waals surface area contributed by atoms with Crippen molar-refractivity contribution >= 4 is 17.7 Å². The van der Waals surface area contributed by atoms with Crippen molar-refractivity contribution < 1.29 is 4.79 Å². The van der Waals surface area contributed by atoms with Crippen molar-refractivity contribution in [1.29, 1.82) is 0 Å². The van der Waals surface area contributed by atoms with E-state index in [1.165, 1.54) is 28.5 Å². The highest BCUT2D eigenvalue weighted by molar-refractivity contribution is 7.99. The van der Waals surface area contributed by atoms with Gasteiger partial charge in [-0.2, -0.15) is 0 Å². The number of carbonyl (C=O) groups is 1. The van der Waals surface area contributed by atoms with Gasteiger partial charge in [-0.15, -0.1) is 10.2 Å². The van der Waals surface area contributed by atoms with Crippen LogP contribution in [0.1, 0.15) is 16.7 Å². The second-order valence-electron chi connectivity index (χ2n) is 6.57. The number of amides is 1. The standard InChI is InChI=1S/C20H23N5OS/c1-14-5-6-17(15(2)11-14)12-24(3)18(26)13-27-20-23-22-19(25(20)4)16-7-9-21-10-8-16/h5-11H,12-13H2,1-4H3. The van der Waals surface area contributed by atoms with Gasteiger partial charge >= 0.3 is 0 Å². The molecule has 0 aliphatic heterocycles. The van der Waals surface area contributed by atoms with Crippen molar-refractivity contribution in [3.63, 3.8) is 0 Å². The van der Waals surface area contributed by atoms with Crippen molar-refractivity contribution in [3.05, 3.63) is 59.4 Å². The normalized spacial score (nSPS) is 10.8. The third-order valence-corrected chi connectivity index (χ3v) is 5.43. The molecule has 0 saturated carbocycles. The molecule has 0 atom stereocenters. The monoisotopic (exact) mass is 381 g/mol. The molecule has 0 saturated heterocycles. The van der Waals surface area contributed by atoms with Crippen LogP contribution in [0.3, 0.4) is 0 Å². The van der Waals surface area contributed by atoms with Crippen molar-refractivity contribution in [2.24, 2.45) is 7.05 Å². The van der Waals surface area contributed by atoms with E-state index in [2.05, 4.69) is 47.2 Å². The number of benzene rings is 1. The van der Waals surface area contributed by atoms with E-state index in [0.29, 0.717) is 12.3 Å².